The number of carboxylic acids is 2. The van der Waals surface area contributed by atoms with Crippen LogP contribution in [0.3, 0.4) is 0 Å². The van der Waals surface area contributed by atoms with Gasteiger partial charge in [0, 0.05) is 6.54 Å². The molecule has 0 aliphatic carbocycles. The number of hydrogen-bond acceptors (Lipinski definition) is 4. The number of ether oxygens (including phenoxy) is 1. The van der Waals surface area contributed by atoms with Gasteiger partial charge in [0.1, 0.15) is 5.75 Å². The van der Waals surface area contributed by atoms with Gasteiger partial charge < -0.3 is 20.3 Å². The highest BCUT2D eigenvalue weighted by Gasteiger charge is 2.38. The standard InChI is InChI=1S/C21H27NO3.C2HF3O2/c23-21(24)13-15-22-14-5-10-19-9-4-12-20(17-19)25-16-6-11-18-7-2-1-3-8-18;3-2(4,5)1(6)7/h1-4,7-9,12,17,22H,5-6,10-11,13-16H2,(H,23,24);(H,6,7). The number of hydrogen-bond donors (Lipinski definition) is 3. The topological polar surface area (TPSA) is 95.9 Å². The first-order valence-corrected chi connectivity index (χ1v) is 10.2. The monoisotopic (exact) mass is 455 g/mol. The van der Waals surface area contributed by atoms with Gasteiger partial charge >= 0.3 is 18.1 Å². The van der Waals surface area contributed by atoms with Gasteiger partial charge in [-0.15, -0.1) is 0 Å². The van der Waals surface area contributed by atoms with E-state index in [0.717, 1.165) is 44.6 Å². The first-order chi connectivity index (χ1) is 15.2. The summed E-state index contributed by atoms with van der Waals surface area (Å²) in [5, 5.41) is 18.9. The zero-order valence-electron chi connectivity index (χ0n) is 17.6. The molecule has 3 N–H and O–H groups in total. The summed E-state index contributed by atoms with van der Waals surface area (Å²) in [6.45, 7) is 2.07. The van der Waals surface area contributed by atoms with E-state index in [1.54, 1.807) is 0 Å². The quantitative estimate of drug-likeness (QED) is 0.413. The number of carbonyl (C=O) groups is 2. The second-order valence-corrected chi connectivity index (χ2v) is 6.89. The lowest BCUT2D eigenvalue weighted by atomic mass is 10.1. The molecule has 2 aromatic carbocycles. The molecule has 32 heavy (non-hydrogen) atoms. The summed E-state index contributed by atoms with van der Waals surface area (Å²) in [6.07, 6.45) is -0.936. The van der Waals surface area contributed by atoms with Crippen LogP contribution in [0.25, 0.3) is 0 Å². The fraction of sp³-hybridized carbons (Fsp3) is 0.391. The molecule has 2 aromatic rings. The third-order valence-corrected chi connectivity index (χ3v) is 4.20. The van der Waals surface area contributed by atoms with Gasteiger partial charge in [-0.2, -0.15) is 13.2 Å². The molecule has 0 saturated carbocycles. The minimum Gasteiger partial charge on any atom is -0.494 e. The number of aliphatic carboxylic acids is 2. The van der Waals surface area contributed by atoms with Crippen molar-refractivity contribution in [2.24, 2.45) is 0 Å². The molecule has 0 saturated heterocycles. The lowest BCUT2D eigenvalue weighted by Gasteiger charge is -2.09. The van der Waals surface area contributed by atoms with Crippen LogP contribution in [0.4, 0.5) is 13.2 Å². The number of alkyl halides is 3. The van der Waals surface area contributed by atoms with E-state index in [0.29, 0.717) is 6.54 Å². The third kappa shape index (κ3) is 13.3. The van der Waals surface area contributed by atoms with Gasteiger partial charge in [-0.1, -0.05) is 42.5 Å². The van der Waals surface area contributed by atoms with Crippen molar-refractivity contribution in [2.75, 3.05) is 19.7 Å². The Morgan fingerprint density at radius 2 is 1.50 bits per heavy atom. The van der Waals surface area contributed by atoms with Crippen molar-refractivity contribution < 1.29 is 37.7 Å². The number of benzene rings is 2. The average Bonchev–Trinajstić information content (AvgIpc) is 2.74. The Morgan fingerprint density at radius 1 is 0.875 bits per heavy atom. The van der Waals surface area contributed by atoms with E-state index in [1.165, 1.54) is 11.1 Å². The zero-order chi connectivity index (χ0) is 23.8. The molecule has 0 heterocycles. The number of aryl methyl sites for hydroxylation is 2. The summed E-state index contributed by atoms with van der Waals surface area (Å²) < 4.78 is 37.6. The van der Waals surface area contributed by atoms with E-state index in [2.05, 4.69) is 41.7 Å². The van der Waals surface area contributed by atoms with Crippen LogP contribution in [0.5, 0.6) is 5.75 Å². The lowest BCUT2D eigenvalue weighted by molar-refractivity contribution is -0.192. The number of nitrogens with one attached hydrogen (secondary N) is 1. The van der Waals surface area contributed by atoms with Gasteiger partial charge in [0.05, 0.1) is 13.0 Å². The minimum atomic E-state index is -5.08. The fourth-order valence-corrected chi connectivity index (χ4v) is 2.64. The van der Waals surface area contributed by atoms with Crippen LogP contribution < -0.4 is 10.1 Å². The number of carboxylic acid groups (broad SMARTS) is 2. The minimum absolute atomic E-state index is 0.173. The van der Waals surface area contributed by atoms with E-state index in [1.807, 2.05) is 18.2 Å². The highest BCUT2D eigenvalue weighted by molar-refractivity contribution is 5.73. The first-order valence-electron chi connectivity index (χ1n) is 10.2. The maximum atomic E-state index is 10.6. The van der Waals surface area contributed by atoms with Crippen LogP contribution in [-0.4, -0.2) is 48.0 Å². The van der Waals surface area contributed by atoms with E-state index in [9.17, 15) is 18.0 Å². The van der Waals surface area contributed by atoms with Gasteiger partial charge in [0.2, 0.25) is 0 Å². The molecule has 0 amide bonds. The molecule has 9 heteroatoms. The summed E-state index contributed by atoms with van der Waals surface area (Å²) in [6, 6.07) is 18.7. The summed E-state index contributed by atoms with van der Waals surface area (Å²) >= 11 is 0. The number of halogens is 3. The normalized spacial score (nSPS) is 10.7. The molecule has 0 atom stereocenters. The lowest BCUT2D eigenvalue weighted by Crippen LogP contribution is -2.21. The molecule has 0 spiro atoms. The summed E-state index contributed by atoms with van der Waals surface area (Å²) in [5.74, 6) is -2.60. The highest BCUT2D eigenvalue weighted by atomic mass is 19.4. The average molecular weight is 455 g/mol. The van der Waals surface area contributed by atoms with Crippen LogP contribution in [0, 0.1) is 0 Å². The first kappa shape index (κ1) is 27.0. The van der Waals surface area contributed by atoms with Crippen molar-refractivity contribution in [3.63, 3.8) is 0 Å². The second kappa shape index (κ2) is 14.9. The smallest absolute Gasteiger partial charge is 0.490 e. The molecule has 6 nitrogen and oxygen atoms in total. The Kier molecular flexibility index (Phi) is 12.5. The molecular weight excluding hydrogens is 427 g/mol. The Bertz CT molecular complexity index is 813. The van der Waals surface area contributed by atoms with Crippen LogP contribution >= 0.6 is 0 Å². The van der Waals surface area contributed by atoms with Gasteiger partial charge in [-0.25, -0.2) is 4.79 Å². The van der Waals surface area contributed by atoms with Crippen molar-refractivity contribution in [3.8, 4) is 5.75 Å². The number of rotatable bonds is 12. The van der Waals surface area contributed by atoms with E-state index in [4.69, 9.17) is 19.7 Å². The van der Waals surface area contributed by atoms with Crippen LogP contribution in [0.2, 0.25) is 0 Å². The van der Waals surface area contributed by atoms with Crippen molar-refractivity contribution in [1.29, 1.82) is 0 Å². The third-order valence-electron chi connectivity index (χ3n) is 4.20. The fourth-order valence-electron chi connectivity index (χ4n) is 2.64. The second-order valence-electron chi connectivity index (χ2n) is 6.89. The van der Waals surface area contributed by atoms with E-state index in [-0.39, 0.29) is 6.42 Å². The van der Waals surface area contributed by atoms with Crippen molar-refractivity contribution in [2.45, 2.75) is 38.3 Å². The molecule has 0 bridgehead atoms. The summed E-state index contributed by atoms with van der Waals surface area (Å²) in [7, 11) is 0. The van der Waals surface area contributed by atoms with Crippen molar-refractivity contribution in [1.82, 2.24) is 5.32 Å². The maximum Gasteiger partial charge on any atom is 0.490 e. The van der Waals surface area contributed by atoms with Crippen molar-refractivity contribution >= 4 is 11.9 Å². The highest BCUT2D eigenvalue weighted by Crippen LogP contribution is 2.15. The molecular formula is C23H28F3NO5. The summed E-state index contributed by atoms with van der Waals surface area (Å²) in [5.41, 5.74) is 2.59. The Morgan fingerprint density at radius 3 is 2.12 bits per heavy atom. The molecule has 0 aliphatic heterocycles. The van der Waals surface area contributed by atoms with E-state index >= 15 is 0 Å². The van der Waals surface area contributed by atoms with Gasteiger partial charge in [0.15, 0.2) is 0 Å². The SMILES string of the molecule is O=C(O)C(F)(F)F.O=C(O)CCNCCCc1cccc(OCCCc2ccccc2)c1. The van der Waals surface area contributed by atoms with Crippen LogP contribution in [0.1, 0.15) is 30.4 Å². The Labute approximate surface area is 185 Å². The molecule has 0 aliphatic rings. The molecule has 0 aromatic heterocycles. The molecule has 0 radical (unpaired) electrons. The predicted molar refractivity (Wildman–Crippen MR) is 114 cm³/mol. The van der Waals surface area contributed by atoms with Gasteiger partial charge in [0.25, 0.3) is 0 Å². The Balaban J connectivity index is 0.000000633. The predicted octanol–water partition coefficient (Wildman–Crippen LogP) is 4.33. The molecule has 0 unspecified atom stereocenters. The zero-order valence-corrected chi connectivity index (χ0v) is 17.6. The molecule has 176 valence electrons. The molecule has 0 fully saturated rings. The Hall–Kier alpha value is -3.07. The largest absolute Gasteiger partial charge is 0.494 e. The van der Waals surface area contributed by atoms with E-state index < -0.39 is 18.1 Å². The van der Waals surface area contributed by atoms with Crippen LogP contribution in [0.15, 0.2) is 54.6 Å². The van der Waals surface area contributed by atoms with Crippen LogP contribution in [-0.2, 0) is 22.4 Å². The summed E-state index contributed by atoms with van der Waals surface area (Å²) in [4.78, 5) is 19.3. The van der Waals surface area contributed by atoms with Gasteiger partial charge in [-0.05, 0) is 55.5 Å². The maximum absolute atomic E-state index is 10.6. The van der Waals surface area contributed by atoms with Gasteiger partial charge in [-0.3, -0.25) is 4.79 Å². The molecule has 2 rings (SSSR count). The van der Waals surface area contributed by atoms with Crippen molar-refractivity contribution in [3.05, 3.63) is 65.7 Å².